The van der Waals surface area contributed by atoms with Crippen molar-refractivity contribution in [2.24, 2.45) is 0 Å². The minimum Gasteiger partial charge on any atom is -0.683 e. The van der Waals surface area contributed by atoms with Gasteiger partial charge in [-0.3, -0.25) is 0 Å². The number of nitrogens with zero attached hydrogens (tertiary/aromatic N) is 2. The van der Waals surface area contributed by atoms with Crippen LogP contribution in [0, 0.1) is 147 Å². The molecule has 0 radical (unpaired) electrons. The first kappa shape index (κ1) is 95.5. The molecule has 0 saturated heterocycles. The van der Waals surface area contributed by atoms with E-state index >= 15 is 0 Å². The van der Waals surface area contributed by atoms with Gasteiger partial charge in [-0.15, -0.1) is 110 Å². The Bertz CT molecular complexity index is 3990. The van der Waals surface area contributed by atoms with Gasteiger partial charge in [0.1, 0.15) is 0 Å². The summed E-state index contributed by atoms with van der Waals surface area (Å²) in [5.41, 5.74) is 27.5. The summed E-state index contributed by atoms with van der Waals surface area (Å²) < 4.78 is 0. The smallest absolute Gasteiger partial charge is 0.683 e. The van der Waals surface area contributed by atoms with Crippen molar-refractivity contribution in [2.75, 3.05) is 43.4 Å². The molecule has 3 N–H and O–H groups in total. The van der Waals surface area contributed by atoms with Crippen LogP contribution in [0.1, 0.15) is 128 Å². The van der Waals surface area contributed by atoms with Crippen LogP contribution in [0.2, 0.25) is 0 Å². The van der Waals surface area contributed by atoms with E-state index in [0.29, 0.717) is 12.5 Å². The van der Waals surface area contributed by atoms with Crippen molar-refractivity contribution in [3.8, 4) is 36.5 Å². The van der Waals surface area contributed by atoms with Gasteiger partial charge in [0.25, 0.3) is 0 Å². The summed E-state index contributed by atoms with van der Waals surface area (Å²) in [6.45, 7) is 48.7. The van der Waals surface area contributed by atoms with Crippen molar-refractivity contribution in [3.63, 3.8) is 0 Å². The van der Waals surface area contributed by atoms with Crippen LogP contribution in [-0.4, -0.2) is 32.7 Å². The molecule has 110 heavy (non-hydrogen) atoms. The van der Waals surface area contributed by atoms with Crippen molar-refractivity contribution in [1.82, 2.24) is 5.32 Å². The van der Waals surface area contributed by atoms with E-state index in [9.17, 15) is 0 Å². The maximum Gasteiger partial charge on any atom is 4.00 e. The molecule has 12 rings (SSSR count). The van der Waals surface area contributed by atoms with Gasteiger partial charge in [-0.25, -0.2) is 0 Å². The van der Waals surface area contributed by atoms with Crippen molar-refractivity contribution in [1.29, 1.82) is 0 Å². The predicted molar refractivity (Wildman–Crippen MR) is 477 cm³/mol. The fourth-order valence-corrected chi connectivity index (χ4v) is 11.0. The number of hydrogen-bond acceptors (Lipinski definition) is 3. The third-order valence-electron chi connectivity index (χ3n) is 18.0. The number of para-hydroxylation sites is 2. The molecule has 12 aromatic carbocycles. The molecule has 0 aliphatic rings. The average Bonchev–Trinajstić information content (AvgIpc) is 0.806. The number of hydrogen-bond donors (Lipinski definition) is 3. The number of benzene rings is 12. The average molecular weight is 1610 g/mol. The third kappa shape index (κ3) is 39.0. The second kappa shape index (κ2) is 57.6. The number of terminal acetylenes is 2. The molecule has 12 aromatic rings. The van der Waals surface area contributed by atoms with Gasteiger partial charge < -0.3 is 26.6 Å². The molecule has 0 saturated carbocycles. The van der Waals surface area contributed by atoms with Crippen LogP contribution in [0.25, 0.3) is 10.6 Å². The van der Waals surface area contributed by atoms with Gasteiger partial charge in [0.05, 0.1) is 0 Å². The minimum absolute atomic E-state index is 0. The minimum atomic E-state index is 0. The van der Waals surface area contributed by atoms with Crippen molar-refractivity contribution in [3.05, 3.63) is 456 Å². The zero-order valence-electron chi connectivity index (χ0n) is 66.8. The fraction of sp³-hybridized carbons (Fsp3) is 0.184. The molecule has 0 heterocycles. The van der Waals surface area contributed by atoms with E-state index in [0.717, 1.165) is 83.8 Å². The Hall–Kier alpha value is -10.5. The van der Waals surface area contributed by atoms with Gasteiger partial charge in [-0.05, 0) is 180 Å². The molecule has 5 nitrogen and oxygen atoms in total. The van der Waals surface area contributed by atoms with Gasteiger partial charge in [-0.1, -0.05) is 157 Å². The molecular formula is C103H117N5Zr2. The number of nitrogens with one attached hydrogen (secondary N) is 3. The normalized spacial score (nSPS) is 9.93. The first-order valence-corrected chi connectivity index (χ1v) is 36.8. The fourth-order valence-electron chi connectivity index (χ4n) is 11.0. The molecule has 0 spiro atoms. The molecule has 0 bridgehead atoms. The third-order valence-corrected chi connectivity index (χ3v) is 18.0. The Labute approximate surface area is 707 Å². The van der Waals surface area contributed by atoms with Crippen LogP contribution in [0.4, 0.5) is 22.7 Å². The Balaban J connectivity index is 0.00000136. The Morgan fingerprint density at radius 3 is 0.945 bits per heavy atom. The van der Waals surface area contributed by atoms with Crippen LogP contribution in [-0.2, 0) is 52.4 Å². The van der Waals surface area contributed by atoms with Crippen molar-refractivity contribution in [2.45, 2.75) is 94.0 Å². The van der Waals surface area contributed by atoms with Gasteiger partial charge in [0.15, 0.2) is 0 Å². The summed E-state index contributed by atoms with van der Waals surface area (Å²) in [6, 6.07) is 102. The van der Waals surface area contributed by atoms with Gasteiger partial charge in [0.2, 0.25) is 0 Å². The summed E-state index contributed by atoms with van der Waals surface area (Å²) in [4.78, 5) is 0. The number of anilines is 2. The van der Waals surface area contributed by atoms with Crippen molar-refractivity contribution < 1.29 is 55.3 Å². The summed E-state index contributed by atoms with van der Waals surface area (Å²) in [6.07, 6.45) is 11.7. The topological polar surface area (TPSA) is 64.3 Å². The Kier molecular flexibility index (Phi) is 50.0. The van der Waals surface area contributed by atoms with Gasteiger partial charge in [0, 0.05) is 39.3 Å². The van der Waals surface area contributed by atoms with E-state index < -0.39 is 0 Å². The second-order valence-electron chi connectivity index (χ2n) is 25.8. The zero-order valence-corrected chi connectivity index (χ0v) is 71.7. The van der Waals surface area contributed by atoms with E-state index in [2.05, 4.69) is 241 Å². The van der Waals surface area contributed by atoms with Crippen LogP contribution in [0.5, 0.6) is 0 Å². The summed E-state index contributed by atoms with van der Waals surface area (Å²) in [7, 11) is 0. The molecule has 7 heteroatoms. The Morgan fingerprint density at radius 1 is 0.336 bits per heavy atom. The van der Waals surface area contributed by atoms with Crippen LogP contribution in [0.15, 0.2) is 303 Å². The van der Waals surface area contributed by atoms with E-state index in [4.69, 9.17) is 23.5 Å². The van der Waals surface area contributed by atoms with Gasteiger partial charge >= 0.3 is 52.4 Å². The molecule has 0 aliphatic carbocycles. The van der Waals surface area contributed by atoms with E-state index in [1.807, 2.05) is 212 Å². The molecular weight excluding hydrogens is 1490 g/mol. The Morgan fingerprint density at radius 2 is 0.627 bits per heavy atom. The zero-order chi connectivity index (χ0) is 78.5. The van der Waals surface area contributed by atoms with E-state index in [-0.39, 0.29) is 61.3 Å². The van der Waals surface area contributed by atoms with Crippen LogP contribution in [0.3, 0.4) is 0 Å². The van der Waals surface area contributed by atoms with Gasteiger partial charge in [-0.2, -0.15) is 148 Å². The monoisotopic (exact) mass is 1600 g/mol. The molecule has 0 aliphatic heterocycles. The standard InChI is InChI=1S/C28H36N2.C27H33N3.6C7H7.C6H2.2Zr.2H2/c1-20-21(2)23(4)28(24(5)22(20)3)29-18-12-15-26(25-13-8-6-9-14-25)19-30-27-16-10-7-11-17-27;1-19-20(2)22(4)27(23(5)21(19)3)29-17-16-28-26(24-12-8-6-9-13-24)18-30-25-14-10-7-11-15-25;6*1-7-5-3-2-4-6-7;1-3-5-6-4-2;;;;/h6-11,13-14,16-17,26,29-30H,12,15,18-19H2,1-5H3;6-15,26,28H,16-18H2,1-5H3;6*2-6H,1H2;1-2H;;;2*1H/q;-2;6*-1;;2*+4;;. The maximum absolute atomic E-state index is 4.96. The molecule has 0 fully saturated rings. The molecule has 0 amide bonds. The summed E-state index contributed by atoms with van der Waals surface area (Å²) in [5, 5.41) is 20.8. The van der Waals surface area contributed by atoms with E-state index in [1.54, 1.807) is 0 Å². The predicted octanol–water partition coefficient (Wildman–Crippen LogP) is 26.5. The molecule has 562 valence electrons. The SMILES string of the molecule is C#CC#CC#C.Cc1c(C)c(C)c(NCCCC(CNc2ccccc2)c2ccccc2)c(C)c1C.Cc1c(C)c(C)c([N-]CCNC(C[N-]c2ccccc2)c2ccccc2)c(C)c1C.[CH2-]c1ccccc1.[CH2-]c1ccccc1.[CH2-]c1ccccc1.[CH2-]c1ccccc1.[CH2-]c1ccccc1.[CH2-]c1ccccc1.[HH].[HH].[Zr+4].[Zr+4]. The summed E-state index contributed by atoms with van der Waals surface area (Å²) in [5.74, 6) is 9.11. The van der Waals surface area contributed by atoms with Crippen molar-refractivity contribution >= 4 is 22.7 Å². The molecule has 2 atom stereocenters. The van der Waals surface area contributed by atoms with Crippen LogP contribution < -0.4 is 16.0 Å². The quantitative estimate of drug-likeness (QED) is 0.0456. The number of rotatable bonds is 18. The first-order chi connectivity index (χ1) is 52.2. The van der Waals surface area contributed by atoms with E-state index in [1.165, 1.54) is 78.1 Å². The largest absolute Gasteiger partial charge is 4.00 e. The van der Waals surface area contributed by atoms with Crippen LogP contribution >= 0.6 is 0 Å². The summed E-state index contributed by atoms with van der Waals surface area (Å²) >= 11 is 0. The molecule has 0 aromatic heterocycles. The molecule has 2 unspecified atom stereocenters. The second-order valence-corrected chi connectivity index (χ2v) is 25.8. The first-order valence-electron chi connectivity index (χ1n) is 36.8. The maximum atomic E-state index is 4.96.